The number of rotatable bonds is 8. The fourth-order valence-corrected chi connectivity index (χ4v) is 3.42. The highest BCUT2D eigenvalue weighted by atomic mass is 79.9. The van der Waals surface area contributed by atoms with Gasteiger partial charge >= 0.3 is 0 Å². The molecular weight excluding hydrogens is 400 g/mol. The normalized spacial score (nSPS) is 11.0. The van der Waals surface area contributed by atoms with Gasteiger partial charge in [-0.25, -0.2) is 5.43 Å². The van der Waals surface area contributed by atoms with Crippen LogP contribution in [0.5, 0.6) is 5.75 Å². The number of thioether (sulfide) groups is 1. The van der Waals surface area contributed by atoms with Crippen molar-refractivity contribution in [2.45, 2.75) is 25.7 Å². The lowest BCUT2D eigenvalue weighted by Crippen LogP contribution is -2.19. The molecule has 0 saturated heterocycles. The number of carbonyl (C=O) groups excluding carboxylic acids is 1. The van der Waals surface area contributed by atoms with Crippen molar-refractivity contribution < 1.29 is 9.53 Å². The summed E-state index contributed by atoms with van der Waals surface area (Å²) in [5.74, 6) is 1.84. The monoisotopic (exact) mass is 420 g/mol. The highest BCUT2D eigenvalue weighted by molar-refractivity contribution is 9.10. The zero-order valence-electron chi connectivity index (χ0n) is 14.2. The summed E-state index contributed by atoms with van der Waals surface area (Å²) < 4.78 is 6.64. The van der Waals surface area contributed by atoms with Gasteiger partial charge < -0.3 is 4.74 Å². The average Bonchev–Trinajstić information content (AvgIpc) is 2.58. The van der Waals surface area contributed by atoms with Crippen LogP contribution in [0.3, 0.4) is 0 Å². The largest absolute Gasteiger partial charge is 0.491 e. The number of benzene rings is 2. The van der Waals surface area contributed by atoms with Crippen molar-refractivity contribution in [3.63, 3.8) is 0 Å². The van der Waals surface area contributed by atoms with Crippen molar-refractivity contribution in [1.82, 2.24) is 5.43 Å². The third kappa shape index (κ3) is 7.32. The quantitative estimate of drug-likeness (QED) is 0.500. The van der Waals surface area contributed by atoms with Crippen molar-refractivity contribution in [2.75, 3.05) is 5.75 Å². The van der Waals surface area contributed by atoms with E-state index in [-0.39, 0.29) is 12.0 Å². The maximum atomic E-state index is 11.8. The number of hydrogen-bond donors (Lipinski definition) is 1. The van der Waals surface area contributed by atoms with Crippen LogP contribution >= 0.6 is 27.7 Å². The molecule has 0 heterocycles. The smallest absolute Gasteiger partial charge is 0.250 e. The fraction of sp³-hybridized carbons (Fsp3) is 0.263. The number of hydrazone groups is 1. The van der Waals surface area contributed by atoms with Crippen LogP contribution in [0.1, 0.15) is 25.0 Å². The molecule has 25 heavy (non-hydrogen) atoms. The zero-order chi connectivity index (χ0) is 18.1. The van der Waals surface area contributed by atoms with Crippen LogP contribution in [0.15, 0.2) is 58.1 Å². The van der Waals surface area contributed by atoms with Crippen molar-refractivity contribution in [3.05, 3.63) is 64.1 Å². The number of nitrogens with zero attached hydrogens (tertiary/aromatic N) is 1. The van der Waals surface area contributed by atoms with Crippen molar-refractivity contribution in [3.8, 4) is 5.75 Å². The summed E-state index contributed by atoms with van der Waals surface area (Å²) in [6.07, 6.45) is 1.77. The van der Waals surface area contributed by atoms with E-state index in [0.717, 1.165) is 21.5 Å². The lowest BCUT2D eigenvalue weighted by Gasteiger charge is -2.09. The minimum absolute atomic E-state index is 0.118. The van der Waals surface area contributed by atoms with Crippen LogP contribution < -0.4 is 10.2 Å². The molecule has 2 aromatic carbocycles. The van der Waals surface area contributed by atoms with Crippen LogP contribution in [0.2, 0.25) is 0 Å². The van der Waals surface area contributed by atoms with Gasteiger partial charge in [0, 0.05) is 10.2 Å². The van der Waals surface area contributed by atoms with E-state index in [4.69, 9.17) is 4.74 Å². The Balaban J connectivity index is 1.72. The van der Waals surface area contributed by atoms with Gasteiger partial charge in [0.15, 0.2) is 0 Å². The van der Waals surface area contributed by atoms with Gasteiger partial charge in [-0.2, -0.15) is 5.10 Å². The fourth-order valence-electron chi connectivity index (χ4n) is 1.98. The predicted molar refractivity (Wildman–Crippen MR) is 108 cm³/mol. The van der Waals surface area contributed by atoms with E-state index in [1.807, 2.05) is 62.4 Å². The molecule has 6 heteroatoms. The lowest BCUT2D eigenvalue weighted by atomic mass is 10.2. The molecule has 0 aliphatic carbocycles. The summed E-state index contributed by atoms with van der Waals surface area (Å²) in [6, 6.07) is 15.6. The van der Waals surface area contributed by atoms with Crippen molar-refractivity contribution in [1.29, 1.82) is 0 Å². The Bertz CT molecular complexity index is 718. The first-order valence-corrected chi connectivity index (χ1v) is 9.89. The van der Waals surface area contributed by atoms with Gasteiger partial charge in [0.25, 0.3) is 0 Å². The molecule has 2 aromatic rings. The van der Waals surface area contributed by atoms with Gasteiger partial charge in [0.2, 0.25) is 5.91 Å². The Labute approximate surface area is 161 Å². The summed E-state index contributed by atoms with van der Waals surface area (Å²) in [5.41, 5.74) is 4.62. The third-order valence-corrected chi connectivity index (χ3v) is 4.86. The highest BCUT2D eigenvalue weighted by Crippen LogP contribution is 2.21. The van der Waals surface area contributed by atoms with Gasteiger partial charge in [-0.3, -0.25) is 4.79 Å². The molecule has 0 bridgehead atoms. The summed E-state index contributed by atoms with van der Waals surface area (Å²) in [7, 11) is 0. The molecule has 0 aliphatic heterocycles. The van der Waals surface area contributed by atoms with Crippen molar-refractivity contribution >= 4 is 39.8 Å². The van der Waals surface area contributed by atoms with Crippen LogP contribution in [-0.2, 0) is 10.5 Å². The Morgan fingerprint density at radius 3 is 2.64 bits per heavy atom. The number of nitrogens with one attached hydrogen (secondary N) is 1. The van der Waals surface area contributed by atoms with Gasteiger partial charge in [-0.15, -0.1) is 11.8 Å². The molecule has 1 N–H and O–H groups in total. The highest BCUT2D eigenvalue weighted by Gasteiger charge is 2.03. The van der Waals surface area contributed by atoms with E-state index in [1.165, 1.54) is 5.56 Å². The Hall–Kier alpha value is -1.79. The number of hydrogen-bond acceptors (Lipinski definition) is 4. The predicted octanol–water partition coefficient (Wildman–Crippen LogP) is 4.62. The van der Waals surface area contributed by atoms with Gasteiger partial charge in [0.05, 0.1) is 18.1 Å². The lowest BCUT2D eigenvalue weighted by molar-refractivity contribution is -0.118. The summed E-state index contributed by atoms with van der Waals surface area (Å²) >= 11 is 5.05. The summed E-state index contributed by atoms with van der Waals surface area (Å²) in [5, 5.41) is 3.99. The van der Waals surface area contributed by atoms with Crippen LogP contribution in [0, 0.1) is 0 Å². The first kappa shape index (κ1) is 19.5. The second kappa shape index (κ2) is 10.3. The number of ether oxygens (including phenoxy) is 1. The van der Waals surface area contributed by atoms with Crippen LogP contribution in [-0.4, -0.2) is 24.0 Å². The molecule has 2 rings (SSSR count). The molecule has 0 spiro atoms. The summed E-state index contributed by atoms with van der Waals surface area (Å²) in [6.45, 7) is 3.97. The number of halogens is 1. The molecule has 0 unspecified atom stereocenters. The average molecular weight is 421 g/mol. The third-order valence-electron chi connectivity index (χ3n) is 3.10. The van der Waals surface area contributed by atoms with E-state index >= 15 is 0 Å². The molecule has 0 radical (unpaired) electrons. The summed E-state index contributed by atoms with van der Waals surface area (Å²) in [4.78, 5) is 11.8. The van der Waals surface area contributed by atoms with Crippen LogP contribution in [0.25, 0.3) is 0 Å². The molecule has 0 aromatic heterocycles. The molecular formula is C19H21BrN2O2S. The minimum atomic E-state index is -0.118. The Morgan fingerprint density at radius 1 is 1.24 bits per heavy atom. The Kier molecular flexibility index (Phi) is 8.01. The van der Waals surface area contributed by atoms with E-state index < -0.39 is 0 Å². The minimum Gasteiger partial charge on any atom is -0.491 e. The molecule has 0 saturated carbocycles. The van der Waals surface area contributed by atoms with Gasteiger partial charge in [-0.1, -0.05) is 34.1 Å². The molecule has 1 amide bonds. The molecule has 4 nitrogen and oxygen atoms in total. The first-order chi connectivity index (χ1) is 12.0. The van der Waals surface area contributed by atoms with E-state index in [2.05, 4.69) is 26.5 Å². The van der Waals surface area contributed by atoms with Crippen LogP contribution in [0.4, 0.5) is 0 Å². The van der Waals surface area contributed by atoms with Gasteiger partial charge in [0.1, 0.15) is 5.75 Å². The molecule has 0 aliphatic rings. The second-order valence-corrected chi connectivity index (χ2v) is 7.45. The van der Waals surface area contributed by atoms with E-state index in [1.54, 1.807) is 18.0 Å². The topological polar surface area (TPSA) is 50.7 Å². The molecule has 0 fully saturated rings. The maximum Gasteiger partial charge on any atom is 0.250 e. The van der Waals surface area contributed by atoms with E-state index in [9.17, 15) is 4.79 Å². The maximum absolute atomic E-state index is 11.8. The first-order valence-electron chi connectivity index (χ1n) is 7.94. The standard InChI is InChI=1S/C19H21BrN2O2S/c1-14(2)24-17-9-7-15(8-10-17)11-21-22-19(23)13-25-12-16-5-3-4-6-18(16)20/h3-11,14H,12-13H2,1-2H3,(H,22,23)/b21-11-. The Morgan fingerprint density at radius 2 is 1.96 bits per heavy atom. The van der Waals surface area contributed by atoms with Gasteiger partial charge in [-0.05, 0) is 55.3 Å². The second-order valence-electron chi connectivity index (χ2n) is 5.61. The zero-order valence-corrected chi connectivity index (χ0v) is 16.6. The molecule has 132 valence electrons. The SMILES string of the molecule is CC(C)Oc1ccc(/C=N\NC(=O)CSCc2ccccc2Br)cc1. The number of carbonyl (C=O) groups is 1. The van der Waals surface area contributed by atoms with Crippen molar-refractivity contribution in [2.24, 2.45) is 5.10 Å². The van der Waals surface area contributed by atoms with E-state index in [0.29, 0.717) is 5.75 Å². The number of amides is 1. The molecule has 0 atom stereocenters.